The number of hydrogen-bond acceptors (Lipinski definition) is 1. The molecule has 0 aliphatic heterocycles. The Morgan fingerprint density at radius 2 is 1.40 bits per heavy atom. The van der Waals surface area contributed by atoms with Crippen LogP contribution in [0.4, 0.5) is 0 Å². The summed E-state index contributed by atoms with van der Waals surface area (Å²) >= 11 is 0. The largest absolute Gasteiger partial charge is 2.00 e. The summed E-state index contributed by atoms with van der Waals surface area (Å²) in [5, 5.41) is 0. The zero-order valence-electron chi connectivity index (χ0n) is 8.88. The maximum Gasteiger partial charge on any atom is 2.00 e. The normalized spacial score (nSPS) is 21.7. The van der Waals surface area contributed by atoms with Crippen LogP contribution in [0.5, 0.6) is 0 Å². The fraction of sp³-hybridized carbons (Fsp3) is 0.154. The quantitative estimate of drug-likeness (QED) is 0.645. The Kier molecular flexibility index (Phi) is 8.46. The van der Waals surface area contributed by atoms with Crippen LogP contribution in [0, 0.1) is 63.2 Å². The first-order valence-electron chi connectivity index (χ1n) is 4.61. The third kappa shape index (κ3) is 5.73. The second kappa shape index (κ2) is 8.35. The molecule has 15 heavy (non-hydrogen) atoms. The van der Waals surface area contributed by atoms with Gasteiger partial charge in [-0.3, -0.25) is 4.79 Å². The first-order valence-corrected chi connectivity index (χ1v) is 4.61. The first kappa shape index (κ1) is 15.2. The predicted octanol–water partition coefficient (Wildman–Crippen LogP) is 2.39. The number of ketones is 1. The van der Waals surface area contributed by atoms with Crippen molar-refractivity contribution in [3.8, 4) is 0 Å². The fourth-order valence-electron chi connectivity index (χ4n) is 1.23. The molecule has 1 nitrogen and oxygen atoms in total. The molecule has 2 heteroatoms. The number of hydrogen-bond donors (Lipinski definition) is 0. The summed E-state index contributed by atoms with van der Waals surface area (Å²) in [6, 6.07) is 0. The Balaban J connectivity index is 0.000000280. The van der Waals surface area contributed by atoms with Gasteiger partial charge in [-0.1, -0.05) is 6.92 Å². The smallest absolute Gasteiger partial charge is 0.299 e. The molecule has 0 unspecified atom stereocenters. The van der Waals surface area contributed by atoms with E-state index < -0.39 is 0 Å². The zero-order chi connectivity index (χ0) is 10.4. The molecule has 0 aromatic heterocycles. The van der Waals surface area contributed by atoms with Crippen molar-refractivity contribution in [1.82, 2.24) is 0 Å². The van der Waals surface area contributed by atoms with E-state index >= 15 is 0 Å². The van der Waals surface area contributed by atoms with Gasteiger partial charge in [-0.25, -0.2) is 0 Å². The average molecular weight is 242 g/mol. The average Bonchev–Trinajstić information content (AvgIpc) is 2.74. The third-order valence-electron chi connectivity index (χ3n) is 1.97. The number of carbonyl (C=O) groups excluding carboxylic acids is 1. The zero-order valence-corrected chi connectivity index (χ0v) is 9.98. The Morgan fingerprint density at radius 3 is 1.60 bits per heavy atom. The van der Waals surface area contributed by atoms with Gasteiger partial charge in [0.2, 0.25) is 0 Å². The number of rotatable bonds is 1. The number of Topliss-reactive ketones (excluding diaryl/α,β-unsaturated/α-hetero) is 1. The van der Waals surface area contributed by atoms with Crippen LogP contribution in [0.25, 0.3) is 0 Å². The van der Waals surface area contributed by atoms with Crippen LogP contribution in [0.1, 0.15) is 13.8 Å². The third-order valence-corrected chi connectivity index (χ3v) is 1.97. The maximum atomic E-state index is 10.7. The van der Waals surface area contributed by atoms with Crippen molar-refractivity contribution in [2.24, 2.45) is 0 Å². The Bertz CT molecular complexity index is 168. The molecular formula is C13H14FeO+2. The topological polar surface area (TPSA) is 17.1 Å². The number of carbonyl (C=O) groups is 1. The first-order chi connectivity index (χ1) is 6.72. The van der Waals surface area contributed by atoms with Crippen molar-refractivity contribution < 1.29 is 21.9 Å². The molecule has 2 aliphatic rings. The molecule has 10 radical (unpaired) electrons. The van der Waals surface area contributed by atoms with Crippen LogP contribution < -0.4 is 0 Å². The van der Waals surface area contributed by atoms with Gasteiger partial charge in [0.05, 0.1) is 5.92 Å². The second-order valence-corrected chi connectivity index (χ2v) is 3.14. The summed E-state index contributed by atoms with van der Waals surface area (Å²) in [6.07, 6.45) is 15.7. The summed E-state index contributed by atoms with van der Waals surface area (Å²) in [6.45, 7) is 3.53. The van der Waals surface area contributed by atoms with Crippen LogP contribution in [0.15, 0.2) is 0 Å². The van der Waals surface area contributed by atoms with Gasteiger partial charge >= 0.3 is 17.1 Å². The van der Waals surface area contributed by atoms with Crippen molar-refractivity contribution in [1.29, 1.82) is 0 Å². The van der Waals surface area contributed by atoms with E-state index in [0.717, 1.165) is 11.8 Å². The van der Waals surface area contributed by atoms with Gasteiger partial charge in [-0.15, -0.1) is 0 Å². The molecule has 0 aromatic rings. The van der Waals surface area contributed by atoms with Gasteiger partial charge in [0.15, 0.2) is 0 Å². The summed E-state index contributed by atoms with van der Waals surface area (Å²) in [5.41, 5.74) is 0. The van der Waals surface area contributed by atoms with Gasteiger partial charge in [-0.05, 0) is 64.2 Å². The van der Waals surface area contributed by atoms with Crippen molar-refractivity contribution >= 4 is 5.78 Å². The monoisotopic (exact) mass is 242 g/mol. The predicted molar refractivity (Wildman–Crippen MR) is 57.2 cm³/mol. The SMILES string of the molecule is C[C]1[CH][CH][CH][C]1C(C)=O.[CH]1[CH][CH][CH][CH]1.[Fe+2]. The van der Waals surface area contributed by atoms with Gasteiger partial charge in [0, 0.05) is 0 Å². The molecule has 2 aliphatic carbocycles. The van der Waals surface area contributed by atoms with Crippen LogP contribution in [0.2, 0.25) is 0 Å². The summed E-state index contributed by atoms with van der Waals surface area (Å²) < 4.78 is 0. The molecule has 78 valence electrons. The molecule has 0 bridgehead atoms. The molecule has 0 amide bonds. The summed E-state index contributed by atoms with van der Waals surface area (Å²) in [7, 11) is 0. The van der Waals surface area contributed by atoms with Crippen molar-refractivity contribution in [3.63, 3.8) is 0 Å². The van der Waals surface area contributed by atoms with E-state index in [0.29, 0.717) is 0 Å². The van der Waals surface area contributed by atoms with Crippen molar-refractivity contribution in [2.45, 2.75) is 13.8 Å². The van der Waals surface area contributed by atoms with Gasteiger partial charge in [0.1, 0.15) is 5.78 Å². The van der Waals surface area contributed by atoms with E-state index in [4.69, 9.17) is 0 Å². The van der Waals surface area contributed by atoms with E-state index in [2.05, 4.69) is 0 Å². The van der Waals surface area contributed by atoms with Crippen LogP contribution in [-0.4, -0.2) is 5.78 Å². The molecule has 0 heterocycles. The van der Waals surface area contributed by atoms with Crippen molar-refractivity contribution in [3.05, 3.63) is 63.2 Å². The van der Waals surface area contributed by atoms with E-state index in [1.807, 2.05) is 58.3 Å². The van der Waals surface area contributed by atoms with Gasteiger partial charge < -0.3 is 0 Å². The minimum absolute atomic E-state index is 0. The second-order valence-electron chi connectivity index (χ2n) is 3.14. The van der Waals surface area contributed by atoms with E-state index in [-0.39, 0.29) is 22.9 Å². The molecule has 2 saturated carbocycles. The minimum atomic E-state index is 0. The van der Waals surface area contributed by atoms with Crippen LogP contribution in [-0.2, 0) is 21.9 Å². The molecule has 2 fully saturated rings. The Labute approximate surface area is 105 Å². The molecule has 0 N–H and O–H groups in total. The molecule has 0 aromatic carbocycles. The molecule has 2 rings (SSSR count). The fourth-order valence-corrected chi connectivity index (χ4v) is 1.23. The standard InChI is InChI=1S/C8H9O.C5H5.Fe/c1-6-4-3-5-8(6)7(2)9;1-2-4-5-3-1;/h3-5H,1-2H3;1-5H;/q;;+2. The summed E-state index contributed by atoms with van der Waals surface area (Å²) in [4.78, 5) is 10.7. The van der Waals surface area contributed by atoms with E-state index in [1.165, 1.54) is 0 Å². The van der Waals surface area contributed by atoms with Crippen LogP contribution >= 0.6 is 0 Å². The van der Waals surface area contributed by atoms with E-state index in [1.54, 1.807) is 6.92 Å². The minimum Gasteiger partial charge on any atom is -0.299 e. The van der Waals surface area contributed by atoms with Gasteiger partial charge in [-0.2, -0.15) is 0 Å². The van der Waals surface area contributed by atoms with Crippen molar-refractivity contribution in [2.75, 3.05) is 0 Å². The Morgan fingerprint density at radius 1 is 0.933 bits per heavy atom. The molecule has 0 atom stereocenters. The molecule has 0 saturated heterocycles. The van der Waals surface area contributed by atoms with E-state index in [9.17, 15) is 4.79 Å². The maximum absolute atomic E-state index is 10.7. The Hall–Kier alpha value is 0.189. The summed E-state index contributed by atoms with van der Waals surface area (Å²) in [5.74, 6) is 2.06. The molecule has 0 spiro atoms. The van der Waals surface area contributed by atoms with Gasteiger partial charge in [0.25, 0.3) is 0 Å². The molecular weight excluding hydrogens is 228 g/mol. The van der Waals surface area contributed by atoms with Crippen LogP contribution in [0.3, 0.4) is 0 Å².